The SMILES string of the molecule is O=C(NCc1cccc(C(F)(F)F)c1)NN=CC1=Cc2ccccc2OC1. The lowest BCUT2D eigenvalue weighted by Gasteiger charge is -2.15. The van der Waals surface area contributed by atoms with E-state index in [1.165, 1.54) is 18.3 Å². The molecule has 0 spiro atoms. The number of hydrogen-bond donors (Lipinski definition) is 2. The fourth-order valence-corrected chi connectivity index (χ4v) is 2.46. The molecule has 0 radical (unpaired) electrons. The first-order chi connectivity index (χ1) is 12.9. The van der Waals surface area contributed by atoms with E-state index in [9.17, 15) is 18.0 Å². The topological polar surface area (TPSA) is 62.7 Å². The van der Waals surface area contributed by atoms with Crippen LogP contribution in [-0.2, 0) is 12.7 Å². The summed E-state index contributed by atoms with van der Waals surface area (Å²) in [5, 5.41) is 6.27. The zero-order valence-electron chi connectivity index (χ0n) is 14.1. The van der Waals surface area contributed by atoms with Gasteiger partial charge in [0.2, 0.25) is 0 Å². The maximum absolute atomic E-state index is 12.7. The number of fused-ring (bicyclic) bond motifs is 1. The molecule has 1 aliphatic rings. The molecule has 3 rings (SSSR count). The van der Waals surface area contributed by atoms with E-state index < -0.39 is 17.8 Å². The molecule has 0 saturated heterocycles. The average molecular weight is 375 g/mol. The van der Waals surface area contributed by atoms with Gasteiger partial charge < -0.3 is 10.1 Å². The fraction of sp³-hybridized carbons (Fsp3) is 0.158. The summed E-state index contributed by atoms with van der Waals surface area (Å²) < 4.78 is 43.6. The molecule has 0 atom stereocenters. The van der Waals surface area contributed by atoms with Gasteiger partial charge in [-0.05, 0) is 29.8 Å². The number of nitrogens with one attached hydrogen (secondary N) is 2. The van der Waals surface area contributed by atoms with E-state index in [0.29, 0.717) is 12.2 Å². The smallest absolute Gasteiger partial charge is 0.416 e. The van der Waals surface area contributed by atoms with Gasteiger partial charge in [0, 0.05) is 17.7 Å². The molecule has 8 heteroatoms. The Bertz CT molecular complexity index is 892. The van der Waals surface area contributed by atoms with Gasteiger partial charge in [-0.3, -0.25) is 0 Å². The Labute approximate surface area is 153 Å². The zero-order valence-corrected chi connectivity index (χ0v) is 14.1. The molecule has 0 aromatic heterocycles. The predicted octanol–water partition coefficient (Wildman–Crippen LogP) is 3.97. The van der Waals surface area contributed by atoms with Crippen molar-refractivity contribution in [2.24, 2.45) is 5.10 Å². The Morgan fingerprint density at radius 3 is 2.81 bits per heavy atom. The van der Waals surface area contributed by atoms with Gasteiger partial charge >= 0.3 is 12.2 Å². The van der Waals surface area contributed by atoms with Gasteiger partial charge in [-0.1, -0.05) is 30.3 Å². The van der Waals surface area contributed by atoms with E-state index >= 15 is 0 Å². The summed E-state index contributed by atoms with van der Waals surface area (Å²) in [4.78, 5) is 11.7. The van der Waals surface area contributed by atoms with E-state index in [1.807, 2.05) is 30.3 Å². The minimum Gasteiger partial charge on any atom is -0.488 e. The van der Waals surface area contributed by atoms with Crippen LogP contribution in [0.15, 0.2) is 59.2 Å². The third-order valence-corrected chi connectivity index (χ3v) is 3.76. The molecule has 2 N–H and O–H groups in total. The summed E-state index contributed by atoms with van der Waals surface area (Å²) in [7, 11) is 0. The molecule has 0 aliphatic carbocycles. The minimum absolute atomic E-state index is 0.0511. The van der Waals surface area contributed by atoms with Crippen LogP contribution in [0.4, 0.5) is 18.0 Å². The monoisotopic (exact) mass is 375 g/mol. The number of ether oxygens (including phenoxy) is 1. The van der Waals surface area contributed by atoms with Gasteiger partial charge in [-0.25, -0.2) is 10.2 Å². The van der Waals surface area contributed by atoms with E-state index in [0.717, 1.165) is 29.0 Å². The van der Waals surface area contributed by atoms with Gasteiger partial charge in [-0.15, -0.1) is 0 Å². The molecule has 2 aromatic carbocycles. The van der Waals surface area contributed by atoms with Crippen molar-refractivity contribution in [3.8, 4) is 5.75 Å². The van der Waals surface area contributed by atoms with Crippen LogP contribution in [0.2, 0.25) is 0 Å². The molecule has 2 aromatic rings. The summed E-state index contributed by atoms with van der Waals surface area (Å²) >= 11 is 0. The molecule has 1 heterocycles. The van der Waals surface area contributed by atoms with E-state index in [-0.39, 0.29) is 6.54 Å². The van der Waals surface area contributed by atoms with Crippen LogP contribution in [-0.4, -0.2) is 18.9 Å². The molecule has 0 saturated carbocycles. The van der Waals surface area contributed by atoms with Crippen molar-refractivity contribution in [2.45, 2.75) is 12.7 Å². The van der Waals surface area contributed by atoms with Crippen LogP contribution < -0.4 is 15.5 Å². The van der Waals surface area contributed by atoms with Crippen molar-refractivity contribution < 1.29 is 22.7 Å². The maximum Gasteiger partial charge on any atom is 0.416 e. The Morgan fingerprint density at radius 2 is 2.00 bits per heavy atom. The number of benzene rings is 2. The summed E-state index contributed by atoms with van der Waals surface area (Å²) in [5.74, 6) is 0.779. The van der Waals surface area contributed by atoms with Crippen LogP contribution in [0.1, 0.15) is 16.7 Å². The number of para-hydroxylation sites is 1. The first kappa shape index (κ1) is 18.5. The minimum atomic E-state index is -4.42. The first-order valence-electron chi connectivity index (χ1n) is 8.07. The van der Waals surface area contributed by atoms with E-state index in [4.69, 9.17) is 4.74 Å². The predicted molar refractivity (Wildman–Crippen MR) is 95.2 cm³/mol. The second kappa shape index (κ2) is 7.94. The molecular weight excluding hydrogens is 359 g/mol. The highest BCUT2D eigenvalue weighted by atomic mass is 19.4. The molecule has 27 heavy (non-hydrogen) atoms. The maximum atomic E-state index is 12.7. The fourth-order valence-electron chi connectivity index (χ4n) is 2.46. The van der Waals surface area contributed by atoms with E-state index in [1.54, 1.807) is 0 Å². The number of urea groups is 1. The normalized spacial score (nSPS) is 13.5. The molecule has 1 aliphatic heterocycles. The quantitative estimate of drug-likeness (QED) is 0.628. The third kappa shape index (κ3) is 5.10. The lowest BCUT2D eigenvalue weighted by molar-refractivity contribution is -0.137. The second-order valence-corrected chi connectivity index (χ2v) is 5.80. The number of hydrazone groups is 1. The van der Waals surface area contributed by atoms with Crippen LogP contribution in [0.25, 0.3) is 6.08 Å². The summed E-state index contributed by atoms with van der Waals surface area (Å²) in [5.41, 5.74) is 3.53. The lowest BCUT2D eigenvalue weighted by Crippen LogP contribution is -2.32. The van der Waals surface area contributed by atoms with Crippen molar-refractivity contribution in [1.82, 2.24) is 10.7 Å². The van der Waals surface area contributed by atoms with Crippen LogP contribution in [0, 0.1) is 0 Å². The van der Waals surface area contributed by atoms with Gasteiger partial charge in [0.05, 0.1) is 11.8 Å². The summed E-state index contributed by atoms with van der Waals surface area (Å²) in [6.07, 6.45) is -1.07. The number of carbonyl (C=O) groups is 1. The first-order valence-corrected chi connectivity index (χ1v) is 8.07. The number of amides is 2. The van der Waals surface area contributed by atoms with Gasteiger partial charge in [-0.2, -0.15) is 18.3 Å². The number of carbonyl (C=O) groups excluding carboxylic acids is 1. The highest BCUT2D eigenvalue weighted by Crippen LogP contribution is 2.29. The van der Waals surface area contributed by atoms with Crippen LogP contribution in [0.3, 0.4) is 0 Å². The van der Waals surface area contributed by atoms with E-state index in [2.05, 4.69) is 15.8 Å². The van der Waals surface area contributed by atoms with Gasteiger partial charge in [0.25, 0.3) is 0 Å². The molecule has 0 bridgehead atoms. The summed E-state index contributed by atoms with van der Waals surface area (Å²) in [6.45, 7) is 0.276. The van der Waals surface area contributed by atoms with Crippen molar-refractivity contribution in [2.75, 3.05) is 6.61 Å². The Kier molecular flexibility index (Phi) is 5.44. The standard InChI is InChI=1S/C19H16F3N3O2/c20-19(21,22)16-6-3-4-13(9-16)10-23-18(26)25-24-11-14-8-15-5-1-2-7-17(15)27-12-14/h1-9,11H,10,12H2,(H2,23,25,26). The largest absolute Gasteiger partial charge is 0.488 e. The molecule has 2 amide bonds. The zero-order chi connectivity index (χ0) is 19.3. The van der Waals surface area contributed by atoms with Gasteiger partial charge in [0.15, 0.2) is 0 Å². The molecule has 0 unspecified atom stereocenters. The van der Waals surface area contributed by atoms with Crippen molar-refractivity contribution >= 4 is 18.3 Å². The lowest BCUT2D eigenvalue weighted by atomic mass is 10.1. The molecule has 0 fully saturated rings. The third-order valence-electron chi connectivity index (χ3n) is 3.76. The van der Waals surface area contributed by atoms with Crippen LogP contribution in [0.5, 0.6) is 5.75 Å². The Hall–Kier alpha value is -3.29. The second-order valence-electron chi connectivity index (χ2n) is 5.80. The molecule has 5 nitrogen and oxygen atoms in total. The van der Waals surface area contributed by atoms with Crippen molar-refractivity contribution in [3.63, 3.8) is 0 Å². The number of alkyl halides is 3. The highest BCUT2D eigenvalue weighted by Gasteiger charge is 2.30. The number of rotatable bonds is 4. The summed E-state index contributed by atoms with van der Waals surface area (Å²) in [6, 6.07) is 11.7. The van der Waals surface area contributed by atoms with Gasteiger partial charge in [0.1, 0.15) is 12.4 Å². The van der Waals surface area contributed by atoms with Crippen molar-refractivity contribution in [1.29, 1.82) is 0 Å². The highest BCUT2D eigenvalue weighted by molar-refractivity contribution is 5.88. The Balaban J connectivity index is 1.51. The molecular formula is C19H16F3N3O2. The number of halogens is 3. The number of nitrogens with zero attached hydrogens (tertiary/aromatic N) is 1. The average Bonchev–Trinajstić information content (AvgIpc) is 2.66. The molecule has 140 valence electrons. The van der Waals surface area contributed by atoms with Crippen LogP contribution >= 0.6 is 0 Å². The van der Waals surface area contributed by atoms with Crippen molar-refractivity contribution in [3.05, 3.63) is 70.8 Å². The Morgan fingerprint density at radius 1 is 1.19 bits per heavy atom. The number of hydrogen-bond acceptors (Lipinski definition) is 3.